The molecule has 0 aromatic carbocycles. The van der Waals surface area contributed by atoms with E-state index in [1.165, 1.54) is 0 Å². The Kier molecular flexibility index (Phi) is 4.38. The van der Waals surface area contributed by atoms with Crippen LogP contribution in [-0.2, 0) is 10.8 Å². The topological polar surface area (TPSA) is 17.1 Å². The Balaban J connectivity index is 3.93. The van der Waals surface area contributed by atoms with Crippen molar-refractivity contribution in [2.24, 2.45) is 5.92 Å². The average molecular weight is 158 g/mol. The summed E-state index contributed by atoms with van der Waals surface area (Å²) in [6.07, 6.45) is 0. The summed E-state index contributed by atoms with van der Waals surface area (Å²) in [5.74, 6) is 3.20. The van der Waals surface area contributed by atoms with E-state index in [4.69, 9.17) is 0 Å². The van der Waals surface area contributed by atoms with E-state index in [0.29, 0.717) is 5.92 Å². The molecular weight excluding hydrogens is 144 g/mol. The van der Waals surface area contributed by atoms with Crippen LogP contribution in [0.25, 0.3) is 0 Å². The summed E-state index contributed by atoms with van der Waals surface area (Å²) in [6, 6.07) is 0. The first-order chi connectivity index (χ1) is 4.54. The lowest BCUT2D eigenvalue weighted by Crippen LogP contribution is -2.01. The molecule has 0 saturated carbocycles. The Hall–Kier alpha value is -0.290. The van der Waals surface area contributed by atoms with Crippen LogP contribution in [0.15, 0.2) is 0 Å². The van der Waals surface area contributed by atoms with Gasteiger partial charge in [0.1, 0.15) is 0 Å². The zero-order valence-corrected chi connectivity index (χ0v) is 7.79. The molecule has 1 atom stereocenters. The van der Waals surface area contributed by atoms with Crippen LogP contribution >= 0.6 is 0 Å². The molecule has 0 radical (unpaired) electrons. The van der Waals surface area contributed by atoms with Gasteiger partial charge < -0.3 is 0 Å². The van der Waals surface area contributed by atoms with Gasteiger partial charge in [-0.3, -0.25) is 0 Å². The summed E-state index contributed by atoms with van der Waals surface area (Å²) in [5.41, 5.74) is 0. The molecule has 0 saturated heterocycles. The molecule has 0 N–H and O–H groups in total. The van der Waals surface area contributed by atoms with Crippen molar-refractivity contribution in [1.29, 1.82) is 0 Å². The normalized spacial score (nSPS) is 13.0. The number of rotatable bonds is 1. The van der Waals surface area contributed by atoms with Gasteiger partial charge in [-0.05, 0) is 5.25 Å². The summed E-state index contributed by atoms with van der Waals surface area (Å²) in [7, 11) is -0.953. The quantitative estimate of drug-likeness (QED) is 0.531. The minimum absolute atomic E-state index is 0.159. The molecular formula is C8H14OS. The van der Waals surface area contributed by atoms with Gasteiger partial charge in [0, 0.05) is 11.2 Å². The molecule has 0 bridgehead atoms. The van der Waals surface area contributed by atoms with Crippen molar-refractivity contribution in [3.8, 4) is 11.2 Å². The molecule has 0 aliphatic heterocycles. The first-order valence-electron chi connectivity index (χ1n) is 3.45. The molecule has 0 rings (SSSR count). The maximum atomic E-state index is 11.0. The first kappa shape index (κ1) is 9.71. The predicted molar refractivity (Wildman–Crippen MR) is 45.9 cm³/mol. The van der Waals surface area contributed by atoms with E-state index in [9.17, 15) is 4.21 Å². The van der Waals surface area contributed by atoms with Crippen molar-refractivity contribution in [2.75, 3.05) is 0 Å². The molecule has 0 aliphatic carbocycles. The minimum atomic E-state index is -0.953. The van der Waals surface area contributed by atoms with Crippen LogP contribution in [0.3, 0.4) is 0 Å². The Morgan fingerprint density at radius 1 is 1.20 bits per heavy atom. The fourth-order valence-corrected chi connectivity index (χ4v) is 0.881. The molecule has 0 amide bonds. The van der Waals surface area contributed by atoms with Crippen LogP contribution in [0.4, 0.5) is 0 Å². The van der Waals surface area contributed by atoms with Crippen molar-refractivity contribution in [3.63, 3.8) is 0 Å². The van der Waals surface area contributed by atoms with Gasteiger partial charge in [0.25, 0.3) is 0 Å². The molecule has 0 aromatic rings. The smallest absolute Gasteiger partial charge is 0.1000 e. The lowest BCUT2D eigenvalue weighted by Gasteiger charge is -1.94. The van der Waals surface area contributed by atoms with E-state index >= 15 is 0 Å². The Morgan fingerprint density at radius 2 is 1.70 bits per heavy atom. The monoisotopic (exact) mass is 158 g/mol. The van der Waals surface area contributed by atoms with E-state index in [1.807, 2.05) is 27.7 Å². The van der Waals surface area contributed by atoms with Gasteiger partial charge in [-0.2, -0.15) is 0 Å². The van der Waals surface area contributed by atoms with Crippen molar-refractivity contribution in [2.45, 2.75) is 32.9 Å². The average Bonchev–Trinajstić information content (AvgIpc) is 1.82. The van der Waals surface area contributed by atoms with Crippen LogP contribution < -0.4 is 0 Å². The molecule has 58 valence electrons. The van der Waals surface area contributed by atoms with Crippen molar-refractivity contribution in [3.05, 3.63) is 0 Å². The van der Waals surface area contributed by atoms with E-state index < -0.39 is 10.8 Å². The highest BCUT2D eigenvalue weighted by Crippen LogP contribution is 1.93. The predicted octanol–water partition coefficient (Wildman–Crippen LogP) is 1.76. The van der Waals surface area contributed by atoms with Gasteiger partial charge in [-0.25, -0.2) is 4.21 Å². The Morgan fingerprint density at radius 3 is 2.00 bits per heavy atom. The van der Waals surface area contributed by atoms with Gasteiger partial charge in [0.15, 0.2) is 0 Å². The molecule has 2 heteroatoms. The number of hydrogen-bond donors (Lipinski definition) is 0. The zero-order valence-electron chi connectivity index (χ0n) is 6.97. The van der Waals surface area contributed by atoms with E-state index in [-0.39, 0.29) is 5.25 Å². The van der Waals surface area contributed by atoms with Crippen molar-refractivity contribution in [1.82, 2.24) is 0 Å². The maximum Gasteiger partial charge on any atom is 0.1000 e. The van der Waals surface area contributed by atoms with Gasteiger partial charge in [-0.15, -0.1) is 0 Å². The van der Waals surface area contributed by atoms with Gasteiger partial charge in [-0.1, -0.05) is 33.6 Å². The van der Waals surface area contributed by atoms with Crippen LogP contribution in [0.5, 0.6) is 0 Å². The van der Waals surface area contributed by atoms with Crippen LogP contribution in [0.1, 0.15) is 27.7 Å². The highest BCUT2D eigenvalue weighted by Gasteiger charge is 1.98. The fraction of sp³-hybridized carbons (Fsp3) is 0.750. The van der Waals surface area contributed by atoms with Gasteiger partial charge >= 0.3 is 0 Å². The largest absolute Gasteiger partial charge is 0.246 e. The second-order valence-corrected chi connectivity index (χ2v) is 4.49. The van der Waals surface area contributed by atoms with E-state index in [1.54, 1.807) is 0 Å². The lowest BCUT2D eigenvalue weighted by molar-refractivity contribution is 0.683. The third-order valence-corrected chi connectivity index (χ3v) is 2.05. The van der Waals surface area contributed by atoms with Crippen LogP contribution in [0, 0.1) is 17.1 Å². The number of hydrogen-bond acceptors (Lipinski definition) is 1. The standard InChI is InChI=1S/C8H14OS/c1-7(2)5-6-10(9)8(3)4/h7-8H,1-4H3. The molecule has 0 aromatic heterocycles. The highest BCUT2D eigenvalue weighted by atomic mass is 32.2. The summed E-state index contributed by atoms with van der Waals surface area (Å²) < 4.78 is 11.0. The van der Waals surface area contributed by atoms with Gasteiger partial charge in [0.05, 0.1) is 10.8 Å². The van der Waals surface area contributed by atoms with E-state index in [2.05, 4.69) is 11.2 Å². The SMILES string of the molecule is CC(C)C#CS(=O)C(C)C. The second-order valence-electron chi connectivity index (χ2n) is 2.75. The van der Waals surface area contributed by atoms with E-state index in [0.717, 1.165) is 0 Å². The zero-order chi connectivity index (χ0) is 8.15. The summed E-state index contributed by atoms with van der Waals surface area (Å²) in [5, 5.41) is 2.86. The molecule has 0 spiro atoms. The third-order valence-electron chi connectivity index (χ3n) is 0.876. The molecule has 0 aliphatic rings. The lowest BCUT2D eigenvalue weighted by atomic mass is 10.2. The summed E-state index contributed by atoms with van der Waals surface area (Å²) in [6.45, 7) is 7.80. The first-order valence-corrected chi connectivity index (χ1v) is 4.67. The highest BCUT2D eigenvalue weighted by molar-refractivity contribution is 7.90. The molecule has 10 heavy (non-hydrogen) atoms. The minimum Gasteiger partial charge on any atom is -0.246 e. The van der Waals surface area contributed by atoms with Crippen molar-refractivity contribution < 1.29 is 4.21 Å². The van der Waals surface area contributed by atoms with Crippen molar-refractivity contribution >= 4 is 10.8 Å². The maximum absolute atomic E-state index is 11.0. The molecule has 1 nitrogen and oxygen atoms in total. The molecule has 0 heterocycles. The summed E-state index contributed by atoms with van der Waals surface area (Å²) >= 11 is 0. The van der Waals surface area contributed by atoms with Gasteiger partial charge in [0.2, 0.25) is 0 Å². The second kappa shape index (κ2) is 4.51. The Bertz CT molecular complexity index is 171. The molecule has 0 fully saturated rings. The third kappa shape index (κ3) is 4.58. The summed E-state index contributed by atoms with van der Waals surface area (Å²) in [4.78, 5) is 0. The Labute approximate surface area is 65.7 Å². The van der Waals surface area contributed by atoms with Crippen LogP contribution in [-0.4, -0.2) is 9.46 Å². The fourth-order valence-electron chi connectivity index (χ4n) is 0.294. The molecule has 1 unspecified atom stereocenters. The van der Waals surface area contributed by atoms with Crippen LogP contribution in [0.2, 0.25) is 0 Å².